The van der Waals surface area contributed by atoms with Gasteiger partial charge >= 0.3 is 5.97 Å². The molecule has 8 heteroatoms. The summed E-state index contributed by atoms with van der Waals surface area (Å²) < 4.78 is 11.0. The van der Waals surface area contributed by atoms with Crippen molar-refractivity contribution in [2.75, 3.05) is 11.9 Å². The molecule has 2 aliphatic heterocycles. The van der Waals surface area contributed by atoms with E-state index in [4.69, 9.17) is 9.47 Å². The molecule has 28 heavy (non-hydrogen) atoms. The fourth-order valence-electron chi connectivity index (χ4n) is 3.29. The SMILES string of the molecule is CC1Oc2c(cccc2C(=O)NC(C(=O)O)c2ccc3c(c2)CCO3)NC1=O. The predicted molar refractivity (Wildman–Crippen MR) is 98.6 cm³/mol. The van der Waals surface area contributed by atoms with Gasteiger partial charge in [0.1, 0.15) is 5.75 Å². The fraction of sp³-hybridized carbons (Fsp3) is 0.250. The van der Waals surface area contributed by atoms with Crippen LogP contribution in [0.4, 0.5) is 5.69 Å². The molecule has 4 rings (SSSR count). The Bertz CT molecular complexity index is 987. The number of nitrogens with one attached hydrogen (secondary N) is 2. The molecule has 2 atom stereocenters. The number of aliphatic carboxylic acids is 1. The largest absolute Gasteiger partial charge is 0.493 e. The number of anilines is 1. The molecule has 2 heterocycles. The molecule has 2 aromatic rings. The Kier molecular flexibility index (Phi) is 4.38. The highest BCUT2D eigenvalue weighted by molar-refractivity contribution is 6.04. The second-order valence-corrected chi connectivity index (χ2v) is 6.64. The maximum atomic E-state index is 12.8. The molecule has 0 bridgehead atoms. The zero-order valence-electron chi connectivity index (χ0n) is 15.0. The van der Waals surface area contributed by atoms with Gasteiger partial charge in [-0.3, -0.25) is 9.59 Å². The number of carboxylic acid groups (broad SMARTS) is 1. The summed E-state index contributed by atoms with van der Waals surface area (Å²) >= 11 is 0. The minimum Gasteiger partial charge on any atom is -0.493 e. The lowest BCUT2D eigenvalue weighted by atomic mass is 10.0. The maximum absolute atomic E-state index is 12.8. The standard InChI is InChI=1S/C20H18N2O6/c1-10-18(23)21-14-4-2-3-13(17(14)28-10)19(24)22-16(20(25)26)12-5-6-15-11(9-12)7-8-27-15/h2-6,9-10,16H,7-8H2,1H3,(H,21,23)(H,22,24)(H,25,26). The first-order valence-corrected chi connectivity index (χ1v) is 8.84. The van der Waals surface area contributed by atoms with Crippen molar-refractivity contribution in [2.45, 2.75) is 25.5 Å². The average Bonchev–Trinajstić information content (AvgIpc) is 3.14. The van der Waals surface area contributed by atoms with E-state index < -0.39 is 24.0 Å². The van der Waals surface area contributed by atoms with Gasteiger partial charge in [-0.2, -0.15) is 0 Å². The number of hydrogen-bond donors (Lipinski definition) is 3. The van der Waals surface area contributed by atoms with Crippen molar-refractivity contribution in [1.82, 2.24) is 5.32 Å². The number of rotatable bonds is 4. The van der Waals surface area contributed by atoms with Crippen molar-refractivity contribution < 1.29 is 29.0 Å². The Morgan fingerprint density at radius 1 is 1.29 bits per heavy atom. The summed E-state index contributed by atoms with van der Waals surface area (Å²) in [7, 11) is 0. The van der Waals surface area contributed by atoms with Gasteiger partial charge in [0, 0.05) is 6.42 Å². The molecule has 0 aromatic heterocycles. The van der Waals surface area contributed by atoms with Gasteiger partial charge in [0.05, 0.1) is 17.9 Å². The van der Waals surface area contributed by atoms with E-state index in [0.29, 0.717) is 24.3 Å². The molecule has 0 fully saturated rings. The van der Waals surface area contributed by atoms with Gasteiger partial charge in [-0.15, -0.1) is 0 Å². The number of carbonyl (C=O) groups excluding carboxylic acids is 2. The van der Waals surface area contributed by atoms with Crippen molar-refractivity contribution in [1.29, 1.82) is 0 Å². The van der Waals surface area contributed by atoms with Crippen molar-refractivity contribution >= 4 is 23.5 Å². The van der Waals surface area contributed by atoms with Crippen molar-refractivity contribution in [3.05, 3.63) is 53.1 Å². The number of benzene rings is 2. The molecule has 0 radical (unpaired) electrons. The van der Waals surface area contributed by atoms with Crippen LogP contribution in [0.3, 0.4) is 0 Å². The lowest BCUT2D eigenvalue weighted by Gasteiger charge is -2.25. The zero-order chi connectivity index (χ0) is 19.8. The van der Waals surface area contributed by atoms with E-state index in [2.05, 4.69) is 10.6 Å². The molecule has 0 spiro atoms. The molecule has 0 aliphatic carbocycles. The summed E-state index contributed by atoms with van der Waals surface area (Å²) in [5.74, 6) is -1.15. The minimum absolute atomic E-state index is 0.153. The zero-order valence-corrected chi connectivity index (χ0v) is 15.0. The number of fused-ring (bicyclic) bond motifs is 2. The van der Waals surface area contributed by atoms with Gasteiger partial charge in [0.15, 0.2) is 17.9 Å². The topological polar surface area (TPSA) is 114 Å². The second kappa shape index (κ2) is 6.88. The van der Waals surface area contributed by atoms with Crippen LogP contribution in [-0.4, -0.2) is 35.6 Å². The summed E-state index contributed by atoms with van der Waals surface area (Å²) in [6.07, 6.45) is -0.0606. The Labute approximate surface area is 160 Å². The van der Waals surface area contributed by atoms with Crippen LogP contribution in [0.1, 0.15) is 34.5 Å². The van der Waals surface area contributed by atoms with E-state index in [1.807, 2.05) is 0 Å². The first-order valence-electron chi connectivity index (χ1n) is 8.84. The molecule has 3 N–H and O–H groups in total. The molecule has 2 unspecified atom stereocenters. The Balaban J connectivity index is 1.62. The summed E-state index contributed by atoms with van der Waals surface area (Å²) in [6.45, 7) is 2.12. The molecular formula is C20H18N2O6. The average molecular weight is 382 g/mol. The van der Waals surface area contributed by atoms with Crippen LogP contribution in [0.5, 0.6) is 11.5 Å². The smallest absolute Gasteiger partial charge is 0.330 e. The van der Waals surface area contributed by atoms with E-state index in [9.17, 15) is 19.5 Å². The van der Waals surface area contributed by atoms with Gasteiger partial charge in [0.25, 0.3) is 11.8 Å². The van der Waals surface area contributed by atoms with Crippen molar-refractivity contribution in [2.24, 2.45) is 0 Å². The first-order chi connectivity index (χ1) is 13.4. The highest BCUT2D eigenvalue weighted by atomic mass is 16.5. The third-order valence-electron chi connectivity index (χ3n) is 4.75. The molecule has 2 aromatic carbocycles. The number of carbonyl (C=O) groups is 3. The molecule has 2 amide bonds. The second-order valence-electron chi connectivity index (χ2n) is 6.64. The number of amides is 2. The van der Waals surface area contributed by atoms with Crippen LogP contribution in [0.15, 0.2) is 36.4 Å². The highest BCUT2D eigenvalue weighted by Gasteiger charge is 2.30. The molecule has 144 valence electrons. The minimum atomic E-state index is -1.23. The van der Waals surface area contributed by atoms with E-state index in [0.717, 1.165) is 11.3 Å². The van der Waals surface area contributed by atoms with Crippen LogP contribution in [0.25, 0.3) is 0 Å². The lowest BCUT2D eigenvalue weighted by molar-refractivity contribution is -0.139. The number of hydrogen-bond acceptors (Lipinski definition) is 5. The number of ether oxygens (including phenoxy) is 2. The third kappa shape index (κ3) is 3.13. The number of para-hydroxylation sites is 1. The van der Waals surface area contributed by atoms with E-state index in [1.54, 1.807) is 37.3 Å². The van der Waals surface area contributed by atoms with E-state index >= 15 is 0 Å². The molecule has 2 aliphatic rings. The molecule has 0 saturated heterocycles. The summed E-state index contributed by atoms with van der Waals surface area (Å²) in [6, 6.07) is 8.58. The van der Waals surface area contributed by atoms with Crippen LogP contribution >= 0.6 is 0 Å². The quantitative estimate of drug-likeness (QED) is 0.744. The van der Waals surface area contributed by atoms with Gasteiger partial charge in [-0.05, 0) is 42.3 Å². The monoisotopic (exact) mass is 382 g/mol. The van der Waals surface area contributed by atoms with E-state index in [-0.39, 0.29) is 17.2 Å². The third-order valence-corrected chi connectivity index (χ3v) is 4.75. The van der Waals surface area contributed by atoms with Crippen LogP contribution in [-0.2, 0) is 16.0 Å². The first kappa shape index (κ1) is 17.8. The summed E-state index contributed by atoms with van der Waals surface area (Å²) in [4.78, 5) is 36.4. The van der Waals surface area contributed by atoms with Crippen molar-refractivity contribution in [3.8, 4) is 11.5 Å². The highest BCUT2D eigenvalue weighted by Crippen LogP contribution is 2.34. The van der Waals surface area contributed by atoms with Gasteiger partial charge < -0.3 is 25.2 Å². The molecule has 8 nitrogen and oxygen atoms in total. The van der Waals surface area contributed by atoms with Gasteiger partial charge in [-0.25, -0.2) is 4.79 Å². The Morgan fingerprint density at radius 2 is 2.11 bits per heavy atom. The van der Waals surface area contributed by atoms with Crippen LogP contribution in [0.2, 0.25) is 0 Å². The van der Waals surface area contributed by atoms with Gasteiger partial charge in [0.2, 0.25) is 0 Å². The summed E-state index contributed by atoms with van der Waals surface area (Å²) in [5, 5.41) is 14.9. The molecular weight excluding hydrogens is 364 g/mol. The predicted octanol–water partition coefficient (Wildman–Crippen LogP) is 1.90. The van der Waals surface area contributed by atoms with Crippen molar-refractivity contribution in [3.63, 3.8) is 0 Å². The Morgan fingerprint density at radius 3 is 2.89 bits per heavy atom. The Hall–Kier alpha value is -3.55. The summed E-state index contributed by atoms with van der Waals surface area (Å²) in [5.41, 5.74) is 1.89. The molecule has 0 saturated carbocycles. The lowest BCUT2D eigenvalue weighted by Crippen LogP contribution is -2.37. The van der Waals surface area contributed by atoms with Crippen LogP contribution in [0, 0.1) is 0 Å². The van der Waals surface area contributed by atoms with Crippen LogP contribution < -0.4 is 20.1 Å². The van der Waals surface area contributed by atoms with Gasteiger partial charge in [-0.1, -0.05) is 12.1 Å². The fourth-order valence-corrected chi connectivity index (χ4v) is 3.29. The maximum Gasteiger partial charge on any atom is 0.330 e. The normalized spacial score (nSPS) is 18.0. The number of carboxylic acids is 1. The van der Waals surface area contributed by atoms with E-state index in [1.165, 1.54) is 6.07 Å².